The van der Waals surface area contributed by atoms with Gasteiger partial charge in [-0.3, -0.25) is 9.48 Å². The highest BCUT2D eigenvalue weighted by molar-refractivity contribution is 7.07. The van der Waals surface area contributed by atoms with Crippen LogP contribution in [0.5, 0.6) is 0 Å². The van der Waals surface area contributed by atoms with Crippen LogP contribution in [0.15, 0.2) is 76.4 Å². The number of para-hydroxylation sites is 1. The molecule has 8 heteroatoms. The number of hydrogen-bond acceptors (Lipinski definition) is 3. The molecule has 0 radical (unpaired) electrons. The summed E-state index contributed by atoms with van der Waals surface area (Å²) in [5.74, 6) is 0. The first-order valence-electron chi connectivity index (χ1n) is 9.55. The maximum absolute atomic E-state index is 13.2. The fourth-order valence-corrected chi connectivity index (χ4v) is 4.71. The monoisotopic (exact) mass is 470 g/mol. The van der Waals surface area contributed by atoms with Crippen LogP contribution in [0.2, 0.25) is 10.0 Å². The molecule has 0 spiro atoms. The normalized spacial score (nSPS) is 11.8. The van der Waals surface area contributed by atoms with Crippen molar-refractivity contribution >= 4 is 40.2 Å². The molecule has 0 aliphatic carbocycles. The topological polar surface area (TPSA) is 44.2 Å². The van der Waals surface area contributed by atoms with Gasteiger partial charge >= 0.3 is 0 Å². The van der Waals surface area contributed by atoms with Crippen LogP contribution < -0.4 is 10.4 Å². The van der Waals surface area contributed by atoms with Crippen LogP contribution in [-0.2, 0) is 13.6 Å². The summed E-state index contributed by atoms with van der Waals surface area (Å²) in [5, 5.41) is 3.15. The smallest absolute Gasteiger partial charge is 0.297 e. The van der Waals surface area contributed by atoms with Gasteiger partial charge in [-0.25, -0.2) is 9.67 Å². The average molecular weight is 471 g/mol. The Bertz CT molecular complexity index is 1390. The van der Waals surface area contributed by atoms with E-state index in [-0.39, 0.29) is 5.56 Å². The van der Waals surface area contributed by atoms with E-state index >= 15 is 0 Å². The Hall–Kier alpha value is -2.80. The van der Waals surface area contributed by atoms with E-state index < -0.39 is 0 Å². The van der Waals surface area contributed by atoms with Crippen molar-refractivity contribution in [3.05, 3.63) is 97.5 Å². The molecule has 0 unspecified atom stereocenters. The Balaban J connectivity index is 1.93. The number of thiazole rings is 1. The van der Waals surface area contributed by atoms with Gasteiger partial charge in [0.05, 0.1) is 22.1 Å². The summed E-state index contributed by atoms with van der Waals surface area (Å²) >= 11 is 14.1. The summed E-state index contributed by atoms with van der Waals surface area (Å²) in [5.41, 5.74) is 3.46. The molecule has 0 saturated heterocycles. The van der Waals surface area contributed by atoms with Gasteiger partial charge in [-0.15, -0.1) is 17.9 Å². The molecule has 2 aromatic heterocycles. The summed E-state index contributed by atoms with van der Waals surface area (Å²) in [6.45, 7) is 6.27. The van der Waals surface area contributed by atoms with Crippen LogP contribution in [0.25, 0.3) is 16.9 Å². The molecule has 4 rings (SSSR count). The second-order valence-corrected chi connectivity index (χ2v) is 8.63. The van der Waals surface area contributed by atoms with Crippen LogP contribution in [0.1, 0.15) is 5.69 Å². The molecule has 5 nitrogen and oxygen atoms in total. The minimum atomic E-state index is -0.174. The third kappa shape index (κ3) is 3.94. The maximum Gasteiger partial charge on any atom is 0.297 e. The molecule has 4 aromatic rings. The van der Waals surface area contributed by atoms with Crippen molar-refractivity contribution in [3.8, 4) is 16.9 Å². The molecule has 0 N–H and O–H groups in total. The third-order valence-electron chi connectivity index (χ3n) is 5.04. The molecule has 2 aromatic carbocycles. The van der Waals surface area contributed by atoms with Gasteiger partial charge in [-0.1, -0.05) is 47.5 Å². The van der Waals surface area contributed by atoms with Crippen molar-refractivity contribution in [2.45, 2.75) is 13.5 Å². The lowest BCUT2D eigenvalue weighted by molar-refractivity contribution is 0.630. The SMILES string of the molecule is C=CCn1c(-c2cc(Cl)ccc2Cl)csc1=Nc1c(C)n(C)n(-c2ccccc2)c1=O. The molecule has 158 valence electrons. The molecule has 2 heterocycles. The van der Waals surface area contributed by atoms with Gasteiger partial charge in [-0.2, -0.15) is 0 Å². The van der Waals surface area contributed by atoms with Gasteiger partial charge in [-0.05, 0) is 37.3 Å². The van der Waals surface area contributed by atoms with E-state index in [4.69, 9.17) is 28.2 Å². The van der Waals surface area contributed by atoms with E-state index in [2.05, 4.69) is 6.58 Å². The highest BCUT2D eigenvalue weighted by atomic mass is 35.5. The number of aromatic nitrogens is 3. The molecular formula is C23H20Cl2N4OS. The molecule has 0 atom stereocenters. The first-order chi connectivity index (χ1) is 14.9. The predicted octanol–water partition coefficient (Wildman–Crippen LogP) is 5.74. The number of benzene rings is 2. The Labute approximate surface area is 193 Å². The van der Waals surface area contributed by atoms with Crippen molar-refractivity contribution in [3.63, 3.8) is 0 Å². The summed E-state index contributed by atoms with van der Waals surface area (Å²) in [6, 6.07) is 14.9. The van der Waals surface area contributed by atoms with Gasteiger partial charge in [0, 0.05) is 29.6 Å². The van der Waals surface area contributed by atoms with E-state index in [0.29, 0.717) is 27.1 Å². The Morgan fingerprint density at radius 2 is 1.90 bits per heavy atom. The molecule has 0 bridgehead atoms. The van der Waals surface area contributed by atoms with E-state index in [0.717, 1.165) is 22.6 Å². The first-order valence-corrected chi connectivity index (χ1v) is 11.2. The molecule has 31 heavy (non-hydrogen) atoms. The summed E-state index contributed by atoms with van der Waals surface area (Å²) in [6.07, 6.45) is 1.79. The number of nitrogens with zero attached hydrogens (tertiary/aromatic N) is 4. The van der Waals surface area contributed by atoms with Crippen molar-refractivity contribution in [1.82, 2.24) is 13.9 Å². The van der Waals surface area contributed by atoms with Gasteiger partial charge < -0.3 is 4.57 Å². The van der Waals surface area contributed by atoms with Crippen molar-refractivity contribution in [1.29, 1.82) is 0 Å². The van der Waals surface area contributed by atoms with Crippen LogP contribution in [0.4, 0.5) is 5.69 Å². The molecule has 0 aliphatic heterocycles. The fourth-order valence-electron chi connectivity index (χ4n) is 3.41. The average Bonchev–Trinajstić information content (AvgIpc) is 3.25. The minimum Gasteiger partial charge on any atom is -0.313 e. The lowest BCUT2D eigenvalue weighted by atomic mass is 10.1. The molecule has 0 fully saturated rings. The number of rotatable bonds is 5. The van der Waals surface area contributed by atoms with Crippen LogP contribution in [0, 0.1) is 6.92 Å². The third-order valence-corrected chi connectivity index (χ3v) is 6.47. The van der Waals surface area contributed by atoms with E-state index in [9.17, 15) is 4.79 Å². The van der Waals surface area contributed by atoms with Gasteiger partial charge in [0.1, 0.15) is 0 Å². The lowest BCUT2D eigenvalue weighted by Gasteiger charge is -2.08. The van der Waals surface area contributed by atoms with Crippen molar-refractivity contribution < 1.29 is 0 Å². The number of allylic oxidation sites excluding steroid dienone is 1. The summed E-state index contributed by atoms with van der Waals surface area (Å²) in [7, 11) is 1.85. The largest absolute Gasteiger partial charge is 0.313 e. The number of halogens is 2. The van der Waals surface area contributed by atoms with E-state index in [1.54, 1.807) is 22.9 Å². The summed E-state index contributed by atoms with van der Waals surface area (Å²) < 4.78 is 5.42. The predicted molar refractivity (Wildman–Crippen MR) is 129 cm³/mol. The zero-order chi connectivity index (χ0) is 22.1. The standard InChI is InChI=1S/C23H20Cl2N4OS/c1-4-12-28-20(18-13-16(24)10-11-19(18)25)14-31-23(28)26-21-15(2)27(3)29(22(21)30)17-8-6-5-7-9-17/h4-11,13-14H,1,12H2,2-3H3. The highest BCUT2D eigenvalue weighted by Gasteiger charge is 2.17. The first kappa shape index (κ1) is 21.4. The van der Waals surface area contributed by atoms with E-state index in [1.807, 2.05) is 65.0 Å². The molecule has 0 saturated carbocycles. The van der Waals surface area contributed by atoms with Gasteiger partial charge in [0.15, 0.2) is 10.5 Å². The molecular weight excluding hydrogens is 451 g/mol. The highest BCUT2D eigenvalue weighted by Crippen LogP contribution is 2.31. The minimum absolute atomic E-state index is 0.174. The van der Waals surface area contributed by atoms with Crippen LogP contribution in [0.3, 0.4) is 0 Å². The Kier molecular flexibility index (Phi) is 6.05. The van der Waals surface area contributed by atoms with Gasteiger partial charge in [0.25, 0.3) is 5.56 Å². The van der Waals surface area contributed by atoms with Crippen LogP contribution in [-0.4, -0.2) is 13.9 Å². The van der Waals surface area contributed by atoms with Crippen molar-refractivity contribution in [2.75, 3.05) is 0 Å². The molecule has 0 aliphatic rings. The zero-order valence-electron chi connectivity index (χ0n) is 17.0. The summed E-state index contributed by atoms with van der Waals surface area (Å²) in [4.78, 5) is 18.7. The second kappa shape index (κ2) is 8.75. The lowest BCUT2D eigenvalue weighted by Crippen LogP contribution is -2.20. The van der Waals surface area contributed by atoms with Crippen LogP contribution >= 0.6 is 34.5 Å². The second-order valence-electron chi connectivity index (χ2n) is 6.95. The Morgan fingerprint density at radius 1 is 1.16 bits per heavy atom. The number of hydrogen-bond donors (Lipinski definition) is 0. The Morgan fingerprint density at radius 3 is 2.61 bits per heavy atom. The van der Waals surface area contributed by atoms with Crippen molar-refractivity contribution in [2.24, 2.45) is 12.0 Å². The van der Waals surface area contributed by atoms with Gasteiger partial charge in [0.2, 0.25) is 0 Å². The quantitative estimate of drug-likeness (QED) is 0.343. The maximum atomic E-state index is 13.2. The van der Waals surface area contributed by atoms with E-state index in [1.165, 1.54) is 11.3 Å². The molecule has 0 amide bonds. The zero-order valence-corrected chi connectivity index (χ0v) is 19.4. The fraction of sp³-hybridized carbons (Fsp3) is 0.130.